The fourth-order valence-corrected chi connectivity index (χ4v) is 7.52. The summed E-state index contributed by atoms with van der Waals surface area (Å²) in [6, 6.07) is 6.44. The first-order chi connectivity index (χ1) is 16.6. The number of piperidine rings is 1. The van der Waals surface area contributed by atoms with Gasteiger partial charge in [0.05, 0.1) is 15.9 Å². The summed E-state index contributed by atoms with van der Waals surface area (Å²) in [6.07, 6.45) is 2.90. The number of aromatic nitrogens is 2. The highest BCUT2D eigenvalue weighted by Crippen LogP contribution is 2.29. The fourth-order valence-electron chi connectivity index (χ4n) is 4.91. The minimum absolute atomic E-state index is 0.348. The minimum Gasteiger partial charge on any atom is -0.382 e. The lowest BCUT2D eigenvalue weighted by Crippen LogP contribution is -2.39. The second kappa shape index (κ2) is 12.9. The molecule has 1 saturated heterocycles. The summed E-state index contributed by atoms with van der Waals surface area (Å²) >= 11 is 1.75. The van der Waals surface area contributed by atoms with Gasteiger partial charge in [0.1, 0.15) is 0 Å². The Morgan fingerprint density at radius 1 is 1.23 bits per heavy atom. The summed E-state index contributed by atoms with van der Waals surface area (Å²) in [6.45, 7) is 17.5. The maximum atomic E-state index is 13.4. The van der Waals surface area contributed by atoms with Gasteiger partial charge in [0.15, 0.2) is 5.16 Å². The number of ether oxygens (including phenoxy) is 1. The van der Waals surface area contributed by atoms with Gasteiger partial charge in [0.25, 0.3) is 0 Å². The van der Waals surface area contributed by atoms with Crippen LogP contribution in [-0.2, 0) is 21.3 Å². The van der Waals surface area contributed by atoms with Crippen molar-refractivity contribution in [3.8, 4) is 0 Å². The van der Waals surface area contributed by atoms with Gasteiger partial charge in [-0.3, -0.25) is 4.90 Å². The molecule has 1 fully saturated rings. The van der Waals surface area contributed by atoms with Crippen molar-refractivity contribution in [1.82, 2.24) is 18.8 Å². The van der Waals surface area contributed by atoms with E-state index >= 15 is 0 Å². The standard InChI is InChI=1S/C26H44N4O3S2/c1-7-33-16-9-14-30-25-12-11-23(35(31,32)28-13-8-10-22(6)19-28)18-24(25)27-26(30)34-17-15-29(20(2)3)21(4)5/h11-12,18,20-22H,7-10,13-17,19H2,1-6H3/t22-/m1/s1. The number of imidazole rings is 1. The zero-order chi connectivity index (χ0) is 25.6. The molecule has 7 nitrogen and oxygen atoms in total. The molecule has 1 aromatic carbocycles. The van der Waals surface area contributed by atoms with Crippen molar-refractivity contribution in [3.63, 3.8) is 0 Å². The molecule has 0 bridgehead atoms. The predicted octanol–water partition coefficient (Wildman–Crippen LogP) is 5.09. The number of hydrogen-bond acceptors (Lipinski definition) is 6. The largest absolute Gasteiger partial charge is 0.382 e. The summed E-state index contributed by atoms with van der Waals surface area (Å²) in [5, 5.41) is 0.949. The summed E-state index contributed by atoms with van der Waals surface area (Å²) in [5.41, 5.74) is 1.74. The average Bonchev–Trinajstić information content (AvgIpc) is 3.15. The zero-order valence-corrected chi connectivity index (χ0v) is 24.0. The second-order valence-corrected chi connectivity index (χ2v) is 13.1. The summed E-state index contributed by atoms with van der Waals surface area (Å²) in [5.74, 6) is 1.33. The average molecular weight is 525 g/mol. The van der Waals surface area contributed by atoms with E-state index in [1.54, 1.807) is 28.2 Å². The van der Waals surface area contributed by atoms with Gasteiger partial charge in [0, 0.05) is 57.2 Å². The van der Waals surface area contributed by atoms with Crippen molar-refractivity contribution in [2.75, 3.05) is 38.6 Å². The van der Waals surface area contributed by atoms with Crippen LogP contribution in [0.1, 0.15) is 60.8 Å². The van der Waals surface area contributed by atoms with Gasteiger partial charge in [-0.2, -0.15) is 4.31 Å². The number of aryl methyl sites for hydroxylation is 1. The lowest BCUT2D eigenvalue weighted by Gasteiger charge is -2.30. The molecule has 1 atom stereocenters. The van der Waals surface area contributed by atoms with Gasteiger partial charge < -0.3 is 9.30 Å². The van der Waals surface area contributed by atoms with Crippen molar-refractivity contribution < 1.29 is 13.2 Å². The molecule has 0 unspecified atom stereocenters. The fraction of sp³-hybridized carbons (Fsp3) is 0.731. The van der Waals surface area contributed by atoms with Gasteiger partial charge in [-0.05, 0) is 78.0 Å². The van der Waals surface area contributed by atoms with Crippen LogP contribution in [0.2, 0.25) is 0 Å². The molecule has 0 radical (unpaired) electrons. The normalized spacial score (nSPS) is 17.9. The van der Waals surface area contributed by atoms with Crippen LogP contribution < -0.4 is 0 Å². The molecule has 3 rings (SSSR count). The van der Waals surface area contributed by atoms with Crippen molar-refractivity contribution in [2.24, 2.45) is 5.92 Å². The van der Waals surface area contributed by atoms with E-state index in [1.807, 2.05) is 13.0 Å². The van der Waals surface area contributed by atoms with Crippen molar-refractivity contribution in [1.29, 1.82) is 0 Å². The monoisotopic (exact) mass is 524 g/mol. The first-order valence-electron chi connectivity index (χ1n) is 13.1. The van der Waals surface area contributed by atoms with E-state index in [1.165, 1.54) is 0 Å². The van der Waals surface area contributed by atoms with Crippen LogP contribution in [0.25, 0.3) is 11.0 Å². The maximum absolute atomic E-state index is 13.4. The number of rotatable bonds is 13. The highest BCUT2D eigenvalue weighted by molar-refractivity contribution is 7.99. The number of hydrogen-bond donors (Lipinski definition) is 0. The van der Waals surface area contributed by atoms with Gasteiger partial charge in [-0.15, -0.1) is 0 Å². The van der Waals surface area contributed by atoms with Crippen molar-refractivity contribution in [2.45, 2.75) is 89.5 Å². The topological polar surface area (TPSA) is 67.7 Å². The van der Waals surface area contributed by atoms with E-state index in [-0.39, 0.29) is 0 Å². The highest BCUT2D eigenvalue weighted by atomic mass is 32.2. The lowest BCUT2D eigenvalue weighted by molar-refractivity contribution is 0.141. The van der Waals surface area contributed by atoms with E-state index < -0.39 is 10.0 Å². The van der Waals surface area contributed by atoms with Crippen LogP contribution in [-0.4, -0.2) is 77.9 Å². The van der Waals surface area contributed by atoms with Crippen LogP contribution in [0.5, 0.6) is 0 Å². The molecule has 0 N–H and O–H groups in total. The van der Waals surface area contributed by atoms with Crippen molar-refractivity contribution in [3.05, 3.63) is 18.2 Å². The molecule has 1 aliphatic rings. The Labute approximate surface area is 216 Å². The highest BCUT2D eigenvalue weighted by Gasteiger charge is 2.29. The third-order valence-electron chi connectivity index (χ3n) is 6.72. The Balaban J connectivity index is 1.85. The van der Waals surface area contributed by atoms with E-state index in [0.29, 0.717) is 49.2 Å². The Morgan fingerprint density at radius 3 is 2.63 bits per heavy atom. The Kier molecular flexibility index (Phi) is 10.5. The van der Waals surface area contributed by atoms with E-state index in [4.69, 9.17) is 9.72 Å². The predicted molar refractivity (Wildman–Crippen MR) is 146 cm³/mol. The number of benzene rings is 1. The number of thioether (sulfide) groups is 1. The molecule has 2 heterocycles. The molecule has 0 amide bonds. The van der Waals surface area contributed by atoms with E-state index in [0.717, 1.165) is 54.3 Å². The lowest BCUT2D eigenvalue weighted by atomic mass is 10.0. The van der Waals surface area contributed by atoms with Crippen LogP contribution in [0.4, 0.5) is 0 Å². The zero-order valence-electron chi connectivity index (χ0n) is 22.4. The Morgan fingerprint density at radius 2 is 1.97 bits per heavy atom. The molecule has 1 aliphatic heterocycles. The first kappa shape index (κ1) is 28.4. The van der Waals surface area contributed by atoms with Gasteiger partial charge in [-0.1, -0.05) is 18.7 Å². The molecule has 0 spiro atoms. The number of fused-ring (bicyclic) bond motifs is 1. The molecular weight excluding hydrogens is 480 g/mol. The molecule has 9 heteroatoms. The van der Waals surface area contributed by atoms with Crippen LogP contribution in [0.3, 0.4) is 0 Å². The van der Waals surface area contributed by atoms with E-state index in [2.05, 4.69) is 44.1 Å². The number of sulfonamides is 1. The summed E-state index contributed by atoms with van der Waals surface area (Å²) in [7, 11) is -3.51. The smallest absolute Gasteiger partial charge is 0.243 e. The Bertz CT molecular complexity index is 1040. The molecule has 0 aliphatic carbocycles. The second-order valence-electron chi connectivity index (χ2n) is 10.1. The summed E-state index contributed by atoms with van der Waals surface area (Å²) < 4.78 is 36.1. The maximum Gasteiger partial charge on any atom is 0.243 e. The molecule has 198 valence electrons. The van der Waals surface area contributed by atoms with Gasteiger partial charge in [0.2, 0.25) is 10.0 Å². The van der Waals surface area contributed by atoms with Crippen molar-refractivity contribution >= 4 is 32.8 Å². The quantitative estimate of drug-likeness (QED) is 0.268. The van der Waals surface area contributed by atoms with Crippen LogP contribution >= 0.6 is 11.8 Å². The summed E-state index contributed by atoms with van der Waals surface area (Å²) in [4.78, 5) is 7.75. The molecular formula is C26H44N4O3S2. The van der Waals surface area contributed by atoms with E-state index in [9.17, 15) is 8.42 Å². The third kappa shape index (κ3) is 7.22. The SMILES string of the molecule is CCOCCCn1c(SCCN(C(C)C)C(C)C)nc2cc(S(=O)(=O)N3CCC[C@@H](C)C3)ccc21. The minimum atomic E-state index is -3.51. The third-order valence-corrected chi connectivity index (χ3v) is 9.54. The molecule has 0 saturated carbocycles. The first-order valence-corrected chi connectivity index (χ1v) is 15.5. The Hall–Kier alpha value is -1.13. The van der Waals surface area contributed by atoms with Gasteiger partial charge in [-0.25, -0.2) is 13.4 Å². The van der Waals surface area contributed by atoms with Gasteiger partial charge >= 0.3 is 0 Å². The number of nitrogens with zero attached hydrogens (tertiary/aromatic N) is 4. The molecule has 2 aromatic rings. The molecule has 35 heavy (non-hydrogen) atoms. The molecule has 1 aromatic heterocycles. The van der Waals surface area contributed by atoms with Crippen LogP contribution in [0, 0.1) is 5.92 Å². The van der Waals surface area contributed by atoms with Crippen LogP contribution in [0.15, 0.2) is 28.3 Å².